The first-order valence-corrected chi connectivity index (χ1v) is 9.01. The molecule has 0 heterocycles. The van der Waals surface area contributed by atoms with Gasteiger partial charge < -0.3 is 48.3 Å². The van der Waals surface area contributed by atoms with E-state index in [0.717, 1.165) is 0 Å². The molecule has 3 atom stereocenters. The lowest BCUT2D eigenvalue weighted by Crippen LogP contribution is -2.41. The topological polar surface area (TPSA) is 178 Å². The Morgan fingerprint density at radius 1 is 1.10 bits per heavy atom. The third-order valence-electron chi connectivity index (χ3n) is 3.27. The molecule has 0 amide bonds. The van der Waals surface area contributed by atoms with Crippen LogP contribution in [0.25, 0.3) is 0 Å². The maximum atomic E-state index is 12.0. The highest BCUT2D eigenvalue weighted by molar-refractivity contribution is 5.85. The lowest BCUT2D eigenvalue weighted by atomic mass is 10.3. The molecule has 0 saturated carbocycles. The van der Waals surface area contributed by atoms with Gasteiger partial charge in [0.05, 0.1) is 46.9 Å². The second-order valence-electron chi connectivity index (χ2n) is 7.05. The molecule has 0 aliphatic carbocycles. The first-order valence-electron chi connectivity index (χ1n) is 9.01. The summed E-state index contributed by atoms with van der Waals surface area (Å²) in [7, 11) is 5.60. The summed E-state index contributed by atoms with van der Waals surface area (Å²) < 4.78 is 24.0. The number of carbonyl (C=O) groups is 4. The molecule has 0 saturated heterocycles. The lowest BCUT2D eigenvalue weighted by molar-refractivity contribution is -0.870. The van der Waals surface area contributed by atoms with Gasteiger partial charge in [-0.2, -0.15) is 0 Å². The van der Waals surface area contributed by atoms with Gasteiger partial charge in [0, 0.05) is 0 Å². The number of carboxylic acids is 1. The quantitative estimate of drug-likeness (QED) is 0.123. The zero-order valence-corrected chi connectivity index (χ0v) is 17.4. The SMILES string of the molecule is CCC(OC(=O)COC(=O)OC(=O)C(OCC[N+](C)(C)C)OCC(O)CO)C(=O)[O-]. The second kappa shape index (κ2) is 13.8. The van der Waals surface area contributed by atoms with Crippen LogP contribution in [0.5, 0.6) is 0 Å². The van der Waals surface area contributed by atoms with Crippen LogP contribution in [0.2, 0.25) is 0 Å². The van der Waals surface area contributed by atoms with Crippen molar-refractivity contribution in [3.63, 3.8) is 0 Å². The molecule has 0 aliphatic rings. The van der Waals surface area contributed by atoms with Gasteiger partial charge in [-0.15, -0.1) is 0 Å². The lowest BCUT2D eigenvalue weighted by Gasteiger charge is -2.25. The van der Waals surface area contributed by atoms with Gasteiger partial charge in [-0.05, 0) is 6.42 Å². The number of quaternary nitrogens is 1. The van der Waals surface area contributed by atoms with Gasteiger partial charge in [0.25, 0.3) is 6.29 Å². The Morgan fingerprint density at radius 3 is 2.23 bits per heavy atom. The normalized spacial score (nSPS) is 14.3. The summed E-state index contributed by atoms with van der Waals surface area (Å²) in [6, 6.07) is 0. The number of aliphatic hydroxyl groups excluding tert-OH is 2. The van der Waals surface area contributed by atoms with E-state index in [9.17, 15) is 29.4 Å². The fraction of sp³-hybridized carbons (Fsp3) is 0.765. The zero-order chi connectivity index (χ0) is 23.3. The maximum Gasteiger partial charge on any atom is 0.516 e. The molecular weight excluding hydrogens is 410 g/mol. The van der Waals surface area contributed by atoms with Crippen LogP contribution in [-0.4, -0.2) is 111 Å². The van der Waals surface area contributed by atoms with Crippen LogP contribution in [0.3, 0.4) is 0 Å². The van der Waals surface area contributed by atoms with E-state index in [-0.39, 0.29) is 13.0 Å². The molecule has 0 aromatic heterocycles. The number of likely N-dealkylation sites (N-methyl/N-ethyl adjacent to an activating group) is 1. The molecule has 0 radical (unpaired) electrons. The van der Waals surface area contributed by atoms with E-state index in [1.54, 1.807) is 0 Å². The number of ether oxygens (including phenoxy) is 5. The average molecular weight is 439 g/mol. The summed E-state index contributed by atoms with van der Waals surface area (Å²) in [5.41, 5.74) is 0. The first-order chi connectivity index (χ1) is 13.9. The smallest absolute Gasteiger partial charge is 0.516 e. The van der Waals surface area contributed by atoms with Crippen molar-refractivity contribution >= 4 is 24.1 Å². The molecule has 13 nitrogen and oxygen atoms in total. The van der Waals surface area contributed by atoms with Crippen molar-refractivity contribution in [2.75, 3.05) is 54.1 Å². The predicted octanol–water partition coefficient (Wildman–Crippen LogP) is -2.84. The number of nitrogens with zero attached hydrogens (tertiary/aromatic N) is 1. The molecule has 0 aromatic carbocycles. The Balaban J connectivity index is 4.65. The minimum Gasteiger partial charge on any atom is -0.546 e. The van der Waals surface area contributed by atoms with Gasteiger partial charge >= 0.3 is 18.1 Å². The van der Waals surface area contributed by atoms with E-state index in [1.807, 2.05) is 21.1 Å². The van der Waals surface area contributed by atoms with Crippen molar-refractivity contribution in [2.45, 2.75) is 31.8 Å². The van der Waals surface area contributed by atoms with Gasteiger partial charge in [-0.3, -0.25) is 0 Å². The number of carbonyl (C=O) groups excluding carboxylic acids is 4. The van der Waals surface area contributed by atoms with E-state index in [4.69, 9.17) is 14.6 Å². The highest BCUT2D eigenvalue weighted by Gasteiger charge is 2.27. The minimum atomic E-state index is -1.71. The summed E-state index contributed by atoms with van der Waals surface area (Å²) in [4.78, 5) is 45.7. The number of hydrogen-bond donors (Lipinski definition) is 2. The monoisotopic (exact) mass is 439 g/mol. The molecule has 0 aromatic rings. The van der Waals surface area contributed by atoms with Gasteiger partial charge in [0.1, 0.15) is 18.8 Å². The van der Waals surface area contributed by atoms with E-state index >= 15 is 0 Å². The Kier molecular flexibility index (Phi) is 12.8. The largest absolute Gasteiger partial charge is 0.546 e. The van der Waals surface area contributed by atoms with Crippen LogP contribution in [-0.2, 0) is 38.1 Å². The Morgan fingerprint density at radius 2 is 1.73 bits per heavy atom. The van der Waals surface area contributed by atoms with Gasteiger partial charge in [0.15, 0.2) is 6.61 Å². The molecule has 0 rings (SSSR count). The van der Waals surface area contributed by atoms with E-state index in [1.165, 1.54) is 6.92 Å². The fourth-order valence-electron chi connectivity index (χ4n) is 1.64. The van der Waals surface area contributed by atoms with Crippen molar-refractivity contribution in [2.24, 2.45) is 0 Å². The van der Waals surface area contributed by atoms with Crippen molar-refractivity contribution in [3.05, 3.63) is 0 Å². The standard InChI is InChI=1S/C17H29NO12/c1-5-12(14(22)23)29-13(21)10-28-17(25)30-15(24)16(27-9-11(20)8-19)26-7-6-18(2,3)4/h11-12,16,19-20H,5-10H2,1-4H3. The Bertz CT molecular complexity index is 574. The van der Waals surface area contributed by atoms with Crippen LogP contribution in [0.4, 0.5) is 4.79 Å². The number of rotatable bonds is 14. The summed E-state index contributed by atoms with van der Waals surface area (Å²) in [6.07, 6.45) is -6.14. The Hall–Kier alpha value is -2.32. The first kappa shape index (κ1) is 27.7. The molecule has 0 spiro atoms. The van der Waals surface area contributed by atoms with Crippen molar-refractivity contribution in [3.8, 4) is 0 Å². The third-order valence-corrected chi connectivity index (χ3v) is 3.27. The molecule has 30 heavy (non-hydrogen) atoms. The van der Waals surface area contributed by atoms with Crippen molar-refractivity contribution in [1.82, 2.24) is 0 Å². The molecule has 0 aliphatic heterocycles. The molecular formula is C17H29NO12. The van der Waals surface area contributed by atoms with Gasteiger partial charge in [-0.25, -0.2) is 14.4 Å². The van der Waals surface area contributed by atoms with E-state index in [0.29, 0.717) is 11.0 Å². The molecule has 13 heteroatoms. The van der Waals surface area contributed by atoms with Crippen LogP contribution < -0.4 is 5.11 Å². The maximum absolute atomic E-state index is 12.0. The van der Waals surface area contributed by atoms with Crippen molar-refractivity contribution in [1.29, 1.82) is 0 Å². The van der Waals surface area contributed by atoms with E-state index in [2.05, 4.69) is 14.2 Å². The minimum absolute atomic E-state index is 0.0293. The third kappa shape index (κ3) is 13.0. The van der Waals surface area contributed by atoms with Crippen LogP contribution in [0, 0.1) is 0 Å². The second-order valence-corrected chi connectivity index (χ2v) is 7.05. The summed E-state index contributed by atoms with van der Waals surface area (Å²) >= 11 is 0. The number of carboxylic acid groups (broad SMARTS) is 1. The molecule has 174 valence electrons. The molecule has 0 fully saturated rings. The predicted molar refractivity (Wildman–Crippen MR) is 94.3 cm³/mol. The van der Waals surface area contributed by atoms with Crippen LogP contribution >= 0.6 is 0 Å². The van der Waals surface area contributed by atoms with Crippen molar-refractivity contribution < 1.29 is 62.7 Å². The highest BCUT2D eigenvalue weighted by Crippen LogP contribution is 2.04. The molecule has 2 N–H and O–H groups in total. The molecule has 3 unspecified atom stereocenters. The number of aliphatic carboxylic acids is 1. The fourth-order valence-corrected chi connectivity index (χ4v) is 1.64. The average Bonchev–Trinajstić information content (AvgIpc) is 2.65. The van der Waals surface area contributed by atoms with Gasteiger partial charge in [0.2, 0.25) is 0 Å². The van der Waals surface area contributed by atoms with E-state index < -0.39 is 62.4 Å². The summed E-state index contributed by atoms with van der Waals surface area (Å²) in [6.45, 7) is -0.190. The zero-order valence-electron chi connectivity index (χ0n) is 17.4. The Labute approximate surface area is 173 Å². The highest BCUT2D eigenvalue weighted by atomic mass is 16.8. The van der Waals surface area contributed by atoms with Crippen LogP contribution in [0.1, 0.15) is 13.3 Å². The van der Waals surface area contributed by atoms with Gasteiger partial charge in [-0.1, -0.05) is 6.92 Å². The molecule has 0 bridgehead atoms. The van der Waals surface area contributed by atoms with Crippen LogP contribution in [0.15, 0.2) is 0 Å². The number of hydrogen-bond acceptors (Lipinski definition) is 12. The number of aliphatic hydroxyl groups is 2. The summed E-state index contributed by atoms with van der Waals surface area (Å²) in [5.74, 6) is -4.12. The summed E-state index contributed by atoms with van der Waals surface area (Å²) in [5, 5.41) is 28.8. The number of esters is 2.